The number of likely N-dealkylation sites (N-methyl/N-ethyl adjacent to an activating group) is 2. The molecule has 0 heterocycles. The van der Waals surface area contributed by atoms with Gasteiger partial charge in [0.2, 0.25) is 5.91 Å². The molecule has 7 heteroatoms. The maximum Gasteiger partial charge on any atom is 0.280 e. The lowest BCUT2D eigenvalue weighted by atomic mass is 10.1. The molecule has 0 bridgehead atoms. The molecule has 0 saturated heterocycles. The lowest BCUT2D eigenvalue weighted by Gasteiger charge is -2.26. The summed E-state index contributed by atoms with van der Waals surface area (Å²) in [5, 5.41) is 3.44. The molecule has 2 amide bonds. The number of benzene rings is 2. The zero-order chi connectivity index (χ0) is 21.6. The molecule has 0 radical (unpaired) electrons. The molecule has 2 aromatic carbocycles. The molecule has 0 aliphatic rings. The average molecular weight is 419 g/mol. The van der Waals surface area contributed by atoms with Crippen LogP contribution in [0.2, 0.25) is 5.02 Å². The number of nitrogens with one attached hydrogen (secondary N) is 2. The number of hydrogen-bond acceptors (Lipinski definition) is 3. The number of rotatable bonds is 8. The smallest absolute Gasteiger partial charge is 0.280 e. The van der Waals surface area contributed by atoms with E-state index in [9.17, 15) is 9.59 Å². The minimum absolute atomic E-state index is 0.00911. The Hall–Kier alpha value is -2.57. The average Bonchev–Trinajstić information content (AvgIpc) is 2.68. The van der Waals surface area contributed by atoms with Crippen LogP contribution in [-0.4, -0.2) is 50.5 Å². The Morgan fingerprint density at radius 1 is 1.21 bits per heavy atom. The Balaban J connectivity index is 1.94. The van der Waals surface area contributed by atoms with Crippen LogP contribution in [0.15, 0.2) is 42.5 Å². The first kappa shape index (κ1) is 22.7. The van der Waals surface area contributed by atoms with Gasteiger partial charge in [0.25, 0.3) is 5.91 Å². The summed E-state index contributed by atoms with van der Waals surface area (Å²) in [4.78, 5) is 27.5. The number of methoxy groups -OCH3 is 1. The largest absolute Gasteiger partial charge is 0.496 e. The van der Waals surface area contributed by atoms with Crippen LogP contribution in [0, 0.1) is 6.92 Å². The summed E-state index contributed by atoms with van der Waals surface area (Å²) in [6, 6.07) is 12.6. The summed E-state index contributed by atoms with van der Waals surface area (Å²) in [5.41, 5.74) is 2.76. The van der Waals surface area contributed by atoms with Crippen LogP contribution in [0.25, 0.3) is 0 Å². The molecule has 2 N–H and O–H groups in total. The second-order valence-corrected chi connectivity index (χ2v) is 7.75. The highest BCUT2D eigenvalue weighted by atomic mass is 35.5. The van der Waals surface area contributed by atoms with Crippen molar-refractivity contribution >= 4 is 29.1 Å². The van der Waals surface area contributed by atoms with Gasteiger partial charge < -0.3 is 19.9 Å². The number of ether oxygens (including phenoxy) is 1. The van der Waals surface area contributed by atoms with E-state index in [4.69, 9.17) is 16.3 Å². The van der Waals surface area contributed by atoms with Crippen molar-refractivity contribution in [3.63, 3.8) is 0 Å². The first-order valence-electron chi connectivity index (χ1n) is 9.47. The van der Waals surface area contributed by atoms with Crippen molar-refractivity contribution in [2.24, 2.45) is 0 Å². The minimum Gasteiger partial charge on any atom is -0.496 e. The molecule has 156 valence electrons. The number of halogens is 1. The first-order chi connectivity index (χ1) is 13.7. The Morgan fingerprint density at radius 2 is 1.86 bits per heavy atom. The number of carbonyl (C=O) groups is 2. The van der Waals surface area contributed by atoms with E-state index in [0.717, 1.165) is 21.8 Å². The zero-order valence-electron chi connectivity index (χ0n) is 17.6. The zero-order valence-corrected chi connectivity index (χ0v) is 18.3. The van der Waals surface area contributed by atoms with Crippen molar-refractivity contribution in [2.75, 3.05) is 33.1 Å². The number of carbonyl (C=O) groups excluding carboxylic acids is 2. The number of aryl methyl sites for hydroxylation is 1. The molecule has 0 aliphatic heterocycles. The van der Waals surface area contributed by atoms with Gasteiger partial charge in [0.05, 0.1) is 20.7 Å². The topological polar surface area (TPSA) is 63.1 Å². The standard InChI is InChI=1S/C22H28ClN3O3/c1-15-6-9-19(10-7-15)24-21(27)14-26(4)22(28)16(2)25(3)13-17-12-18(23)8-11-20(17)29-5/h6-12,16H,13-14H2,1-5H3,(H,24,27)/p+1/t16-/m0/s1. The second-order valence-electron chi connectivity index (χ2n) is 7.31. The third-order valence-electron chi connectivity index (χ3n) is 4.91. The normalized spacial score (nSPS) is 12.8. The number of nitrogens with zero attached hydrogens (tertiary/aromatic N) is 1. The molecule has 2 atom stereocenters. The van der Waals surface area contributed by atoms with Crippen molar-refractivity contribution in [1.29, 1.82) is 0 Å². The fourth-order valence-corrected chi connectivity index (χ4v) is 3.21. The summed E-state index contributed by atoms with van der Waals surface area (Å²) in [7, 11) is 5.18. The van der Waals surface area contributed by atoms with Crippen LogP contribution in [0.3, 0.4) is 0 Å². The highest BCUT2D eigenvalue weighted by Crippen LogP contribution is 2.21. The van der Waals surface area contributed by atoms with Crippen molar-refractivity contribution < 1.29 is 19.2 Å². The maximum atomic E-state index is 12.8. The van der Waals surface area contributed by atoms with Gasteiger partial charge in [-0.25, -0.2) is 0 Å². The van der Waals surface area contributed by atoms with Gasteiger partial charge in [0.1, 0.15) is 12.3 Å². The molecule has 2 aromatic rings. The van der Waals surface area contributed by atoms with E-state index in [1.807, 2.05) is 57.3 Å². The van der Waals surface area contributed by atoms with E-state index < -0.39 is 0 Å². The van der Waals surface area contributed by atoms with E-state index >= 15 is 0 Å². The Morgan fingerprint density at radius 3 is 2.48 bits per heavy atom. The molecule has 0 aliphatic carbocycles. The molecule has 6 nitrogen and oxygen atoms in total. The highest BCUT2D eigenvalue weighted by Gasteiger charge is 2.27. The van der Waals surface area contributed by atoms with Gasteiger partial charge in [-0.05, 0) is 44.2 Å². The third-order valence-corrected chi connectivity index (χ3v) is 5.15. The SMILES string of the molecule is COc1ccc(Cl)cc1C[NH+](C)[C@@H](C)C(=O)N(C)CC(=O)Nc1ccc(C)cc1. The predicted molar refractivity (Wildman–Crippen MR) is 116 cm³/mol. The van der Waals surface area contributed by atoms with Gasteiger partial charge in [0.15, 0.2) is 6.04 Å². The van der Waals surface area contributed by atoms with Gasteiger partial charge in [-0.15, -0.1) is 0 Å². The Kier molecular flexibility index (Phi) is 8.05. The maximum absolute atomic E-state index is 12.8. The van der Waals surface area contributed by atoms with Crippen LogP contribution in [0.5, 0.6) is 5.75 Å². The van der Waals surface area contributed by atoms with E-state index in [1.165, 1.54) is 4.90 Å². The summed E-state index contributed by atoms with van der Waals surface area (Å²) >= 11 is 6.10. The van der Waals surface area contributed by atoms with Crippen LogP contribution in [0.4, 0.5) is 5.69 Å². The summed E-state index contributed by atoms with van der Waals surface area (Å²) in [5.74, 6) is 0.396. The van der Waals surface area contributed by atoms with Crippen molar-refractivity contribution in [3.8, 4) is 5.75 Å². The molecule has 0 saturated carbocycles. The number of quaternary nitrogens is 1. The quantitative estimate of drug-likeness (QED) is 0.690. The van der Waals surface area contributed by atoms with Crippen LogP contribution in [0.1, 0.15) is 18.1 Å². The Bertz CT molecular complexity index is 855. The van der Waals surface area contributed by atoms with Gasteiger partial charge >= 0.3 is 0 Å². The molecule has 0 fully saturated rings. The summed E-state index contributed by atoms with van der Waals surface area (Å²) < 4.78 is 5.39. The van der Waals surface area contributed by atoms with Crippen molar-refractivity contribution in [3.05, 3.63) is 58.6 Å². The molecule has 2 rings (SSSR count). The van der Waals surface area contributed by atoms with Gasteiger partial charge in [0, 0.05) is 23.3 Å². The molecular weight excluding hydrogens is 390 g/mol. The van der Waals surface area contributed by atoms with Crippen LogP contribution >= 0.6 is 11.6 Å². The number of amides is 2. The fourth-order valence-electron chi connectivity index (χ4n) is 3.01. The lowest BCUT2D eigenvalue weighted by molar-refractivity contribution is -0.908. The lowest BCUT2D eigenvalue weighted by Crippen LogP contribution is -3.12. The number of anilines is 1. The molecule has 0 spiro atoms. The molecule has 1 unspecified atom stereocenters. The van der Waals surface area contributed by atoms with E-state index in [0.29, 0.717) is 17.3 Å². The van der Waals surface area contributed by atoms with E-state index in [2.05, 4.69) is 5.32 Å². The molecule has 0 aromatic heterocycles. The van der Waals surface area contributed by atoms with E-state index in [1.54, 1.807) is 20.2 Å². The number of hydrogen-bond donors (Lipinski definition) is 2. The third kappa shape index (κ3) is 6.48. The highest BCUT2D eigenvalue weighted by molar-refractivity contribution is 6.30. The second kappa shape index (κ2) is 10.3. The van der Waals surface area contributed by atoms with Crippen LogP contribution < -0.4 is 15.0 Å². The van der Waals surface area contributed by atoms with Crippen molar-refractivity contribution in [1.82, 2.24) is 4.90 Å². The van der Waals surface area contributed by atoms with Crippen molar-refractivity contribution in [2.45, 2.75) is 26.4 Å². The molecule has 29 heavy (non-hydrogen) atoms. The van der Waals surface area contributed by atoms with Gasteiger partial charge in [-0.1, -0.05) is 29.3 Å². The molecular formula is C22H29ClN3O3+. The first-order valence-corrected chi connectivity index (χ1v) is 9.85. The van der Waals surface area contributed by atoms with Crippen LogP contribution in [-0.2, 0) is 16.1 Å². The van der Waals surface area contributed by atoms with E-state index in [-0.39, 0.29) is 24.4 Å². The Labute approximate surface area is 177 Å². The minimum atomic E-state index is -0.337. The van der Waals surface area contributed by atoms with Gasteiger partial charge in [-0.2, -0.15) is 0 Å². The summed E-state index contributed by atoms with van der Waals surface area (Å²) in [6.07, 6.45) is 0. The predicted octanol–water partition coefficient (Wildman–Crippen LogP) is 2.16. The monoisotopic (exact) mass is 418 g/mol. The fraction of sp³-hybridized carbons (Fsp3) is 0.364. The summed E-state index contributed by atoms with van der Waals surface area (Å²) in [6.45, 7) is 4.39. The van der Waals surface area contributed by atoms with Gasteiger partial charge in [-0.3, -0.25) is 9.59 Å².